The van der Waals surface area contributed by atoms with Gasteiger partial charge >= 0.3 is 0 Å². The summed E-state index contributed by atoms with van der Waals surface area (Å²) in [6.45, 7) is 3.28. The van der Waals surface area contributed by atoms with Crippen molar-refractivity contribution in [3.63, 3.8) is 0 Å². The van der Waals surface area contributed by atoms with Gasteiger partial charge in [-0.3, -0.25) is 4.79 Å². The molecule has 0 bridgehead atoms. The van der Waals surface area contributed by atoms with Crippen LogP contribution in [0.3, 0.4) is 0 Å². The van der Waals surface area contributed by atoms with Crippen molar-refractivity contribution >= 4 is 17.5 Å². The second-order valence-corrected chi connectivity index (χ2v) is 6.07. The zero-order valence-corrected chi connectivity index (χ0v) is 11.9. The van der Waals surface area contributed by atoms with Gasteiger partial charge in [0.2, 0.25) is 0 Å². The Kier molecular flexibility index (Phi) is 5.86. The lowest BCUT2D eigenvalue weighted by Gasteiger charge is -2.18. The lowest BCUT2D eigenvalue weighted by molar-refractivity contribution is 0.0975. The molecule has 1 heterocycles. The average molecular weight is 281 g/mol. The third kappa shape index (κ3) is 4.96. The summed E-state index contributed by atoms with van der Waals surface area (Å²) in [7, 11) is 0. The van der Waals surface area contributed by atoms with Gasteiger partial charge in [0.05, 0.1) is 0 Å². The fourth-order valence-electron chi connectivity index (χ4n) is 2.26. The number of benzene rings is 1. The maximum absolute atomic E-state index is 12.8. The molecule has 1 saturated heterocycles. The van der Waals surface area contributed by atoms with Crippen LogP contribution < -0.4 is 0 Å². The highest BCUT2D eigenvalue weighted by molar-refractivity contribution is 7.99. The van der Waals surface area contributed by atoms with Gasteiger partial charge in [-0.25, -0.2) is 4.39 Å². The first-order chi connectivity index (χ1) is 9.25. The van der Waals surface area contributed by atoms with E-state index < -0.39 is 0 Å². The highest BCUT2D eigenvalue weighted by Crippen LogP contribution is 2.12. The van der Waals surface area contributed by atoms with Crippen LogP contribution in [-0.4, -0.2) is 41.8 Å². The summed E-state index contributed by atoms with van der Waals surface area (Å²) in [6, 6.07) is 5.83. The second-order valence-electron chi connectivity index (χ2n) is 4.84. The zero-order valence-electron chi connectivity index (χ0n) is 11.1. The molecule has 0 radical (unpaired) electrons. The van der Waals surface area contributed by atoms with E-state index in [1.54, 1.807) is 12.1 Å². The van der Waals surface area contributed by atoms with Gasteiger partial charge in [-0.1, -0.05) is 0 Å². The van der Waals surface area contributed by atoms with Crippen LogP contribution in [0.15, 0.2) is 24.3 Å². The highest BCUT2D eigenvalue weighted by Gasteiger charge is 2.10. The number of hydrogen-bond acceptors (Lipinski definition) is 3. The average Bonchev–Trinajstić information content (AvgIpc) is 2.68. The molecule has 0 amide bonds. The number of ketones is 1. The van der Waals surface area contributed by atoms with E-state index in [-0.39, 0.29) is 11.6 Å². The molecule has 2 rings (SSSR count). The number of carbonyl (C=O) groups is 1. The molecule has 0 unspecified atom stereocenters. The van der Waals surface area contributed by atoms with E-state index in [2.05, 4.69) is 4.90 Å². The maximum atomic E-state index is 12.8. The minimum absolute atomic E-state index is 0.115. The second kappa shape index (κ2) is 7.65. The molecule has 1 aromatic carbocycles. The molecule has 104 valence electrons. The van der Waals surface area contributed by atoms with Crippen molar-refractivity contribution < 1.29 is 9.18 Å². The van der Waals surface area contributed by atoms with Gasteiger partial charge in [-0.2, -0.15) is 11.8 Å². The van der Waals surface area contributed by atoms with Gasteiger partial charge in [0.1, 0.15) is 5.82 Å². The molecule has 0 aliphatic carbocycles. The Hall–Kier alpha value is -0.870. The predicted molar refractivity (Wildman–Crippen MR) is 78.3 cm³/mol. The van der Waals surface area contributed by atoms with E-state index in [9.17, 15) is 9.18 Å². The van der Waals surface area contributed by atoms with Crippen LogP contribution in [-0.2, 0) is 0 Å². The minimum Gasteiger partial charge on any atom is -0.302 e. The molecule has 0 N–H and O–H groups in total. The molecule has 1 aromatic rings. The Morgan fingerprint density at radius 1 is 1.21 bits per heavy atom. The molecule has 0 saturated carbocycles. The monoisotopic (exact) mass is 281 g/mol. The quantitative estimate of drug-likeness (QED) is 0.773. The minimum atomic E-state index is -0.293. The lowest BCUT2D eigenvalue weighted by atomic mass is 10.1. The van der Waals surface area contributed by atoms with Crippen LogP contribution in [0.5, 0.6) is 0 Å². The number of rotatable bonds is 5. The fourth-order valence-corrected chi connectivity index (χ4v) is 3.19. The first-order valence-electron chi connectivity index (χ1n) is 6.84. The number of carbonyl (C=O) groups excluding carboxylic acids is 1. The van der Waals surface area contributed by atoms with Gasteiger partial charge in [0.15, 0.2) is 5.78 Å². The number of nitrogens with zero attached hydrogens (tertiary/aromatic N) is 1. The summed E-state index contributed by atoms with van der Waals surface area (Å²) in [5.41, 5.74) is 0.618. The van der Waals surface area contributed by atoms with Crippen LogP contribution in [0.1, 0.15) is 29.6 Å². The van der Waals surface area contributed by atoms with Crippen LogP contribution >= 0.6 is 11.8 Å². The van der Waals surface area contributed by atoms with Crippen molar-refractivity contribution in [1.29, 1.82) is 0 Å². The van der Waals surface area contributed by atoms with Gasteiger partial charge in [0, 0.05) is 24.3 Å². The predicted octanol–water partition coefficient (Wildman–Crippen LogP) is 3.23. The number of hydrogen-bond donors (Lipinski definition) is 0. The first kappa shape index (κ1) is 14.5. The van der Waals surface area contributed by atoms with E-state index >= 15 is 0 Å². The topological polar surface area (TPSA) is 20.3 Å². The summed E-state index contributed by atoms with van der Waals surface area (Å²) in [5, 5.41) is 0. The van der Waals surface area contributed by atoms with E-state index in [1.807, 2.05) is 11.8 Å². The standard InChI is InChI=1S/C15H20FNOS/c16-14-6-4-13(5-7-14)15(18)3-1-8-17-9-2-11-19-12-10-17/h4-7H,1-3,8-12H2. The maximum Gasteiger partial charge on any atom is 0.162 e. The smallest absolute Gasteiger partial charge is 0.162 e. The Morgan fingerprint density at radius 3 is 2.79 bits per heavy atom. The lowest BCUT2D eigenvalue weighted by Crippen LogP contribution is -2.27. The van der Waals surface area contributed by atoms with E-state index in [0.717, 1.165) is 26.1 Å². The largest absolute Gasteiger partial charge is 0.302 e. The summed E-state index contributed by atoms with van der Waals surface area (Å²) in [4.78, 5) is 14.4. The molecule has 0 spiro atoms. The van der Waals surface area contributed by atoms with Crippen LogP contribution in [0.4, 0.5) is 4.39 Å². The van der Waals surface area contributed by atoms with E-state index in [1.165, 1.54) is 30.1 Å². The van der Waals surface area contributed by atoms with Crippen LogP contribution in [0.25, 0.3) is 0 Å². The molecule has 2 nitrogen and oxygen atoms in total. The first-order valence-corrected chi connectivity index (χ1v) is 8.00. The molecule has 0 atom stereocenters. The van der Waals surface area contributed by atoms with Crippen LogP contribution in [0, 0.1) is 5.82 Å². The fraction of sp³-hybridized carbons (Fsp3) is 0.533. The molecular weight excluding hydrogens is 261 g/mol. The normalized spacial score (nSPS) is 17.1. The Labute approximate surface area is 118 Å². The van der Waals surface area contributed by atoms with E-state index in [4.69, 9.17) is 0 Å². The highest BCUT2D eigenvalue weighted by atomic mass is 32.2. The van der Waals surface area contributed by atoms with Gasteiger partial charge in [0.25, 0.3) is 0 Å². The summed E-state index contributed by atoms with van der Waals surface area (Å²) >= 11 is 2.01. The van der Waals surface area contributed by atoms with Crippen molar-refractivity contribution in [2.45, 2.75) is 19.3 Å². The summed E-state index contributed by atoms with van der Waals surface area (Å²) in [6.07, 6.45) is 2.69. The van der Waals surface area contributed by atoms with Gasteiger partial charge in [-0.15, -0.1) is 0 Å². The summed E-state index contributed by atoms with van der Waals surface area (Å²) < 4.78 is 12.8. The molecule has 0 aromatic heterocycles. The molecule has 4 heteroatoms. The van der Waals surface area contributed by atoms with Crippen molar-refractivity contribution in [1.82, 2.24) is 4.90 Å². The summed E-state index contributed by atoms with van der Waals surface area (Å²) in [5.74, 6) is 2.28. The Morgan fingerprint density at radius 2 is 2.00 bits per heavy atom. The van der Waals surface area contributed by atoms with Gasteiger partial charge < -0.3 is 4.90 Å². The number of thioether (sulfide) groups is 1. The molecule has 19 heavy (non-hydrogen) atoms. The third-order valence-corrected chi connectivity index (χ3v) is 4.41. The Bertz CT molecular complexity index is 399. The van der Waals surface area contributed by atoms with Crippen molar-refractivity contribution in [2.24, 2.45) is 0 Å². The third-order valence-electron chi connectivity index (χ3n) is 3.36. The molecular formula is C15H20FNOS. The van der Waals surface area contributed by atoms with Crippen molar-refractivity contribution in [3.8, 4) is 0 Å². The number of Topliss-reactive ketones (excluding diaryl/α,β-unsaturated/α-hetero) is 1. The van der Waals surface area contributed by atoms with E-state index in [0.29, 0.717) is 12.0 Å². The molecule has 1 fully saturated rings. The van der Waals surface area contributed by atoms with Crippen molar-refractivity contribution in [3.05, 3.63) is 35.6 Å². The van der Waals surface area contributed by atoms with Crippen LogP contribution in [0.2, 0.25) is 0 Å². The molecule has 1 aliphatic rings. The SMILES string of the molecule is O=C(CCCN1CCCSCC1)c1ccc(F)cc1. The zero-order chi connectivity index (χ0) is 13.5. The Balaban J connectivity index is 1.72. The van der Waals surface area contributed by atoms with Crippen molar-refractivity contribution in [2.75, 3.05) is 31.1 Å². The molecule has 1 aliphatic heterocycles. The number of halogens is 1. The van der Waals surface area contributed by atoms with Gasteiger partial charge in [-0.05, 0) is 55.9 Å².